The average Bonchev–Trinajstić information content (AvgIpc) is 2.16. The summed E-state index contributed by atoms with van der Waals surface area (Å²) in [6, 6.07) is 0. The van der Waals surface area contributed by atoms with Gasteiger partial charge in [-0.25, -0.2) is 0 Å². The fraction of sp³-hybridized carbons (Fsp3) is 0.833. The highest BCUT2D eigenvalue weighted by Crippen LogP contribution is 1.98. The summed E-state index contributed by atoms with van der Waals surface area (Å²) in [5, 5.41) is 3.46. The monoisotopic (exact) mass is 183 g/mol. The van der Waals surface area contributed by atoms with E-state index >= 15 is 0 Å². The molecule has 2 radical (unpaired) electrons. The first kappa shape index (κ1) is 13.0. The first-order chi connectivity index (χ1) is 6.41. The second-order valence-corrected chi connectivity index (χ2v) is 3.58. The molecule has 0 aromatic carbocycles. The molecule has 0 saturated heterocycles. The predicted molar refractivity (Wildman–Crippen MR) is 60.5 cm³/mol. The normalized spacial score (nSPS) is 10.6. The summed E-state index contributed by atoms with van der Waals surface area (Å²) in [7, 11) is 0. The van der Waals surface area contributed by atoms with Crippen molar-refractivity contribution in [1.29, 1.82) is 0 Å². The van der Waals surface area contributed by atoms with Crippen LogP contribution in [0.25, 0.3) is 0 Å². The topological polar surface area (TPSA) is 12.0 Å². The standard InChI is InChI=1S/C12H25N/c1-3-5-7-9-11-13-12-10-8-6-4-2/h13H,1-12H2. The van der Waals surface area contributed by atoms with E-state index in [4.69, 9.17) is 0 Å². The molecular weight excluding hydrogens is 158 g/mol. The Labute approximate surface area is 84.3 Å². The van der Waals surface area contributed by atoms with E-state index in [0.29, 0.717) is 0 Å². The van der Waals surface area contributed by atoms with Crippen LogP contribution in [0.3, 0.4) is 0 Å². The number of hydrogen-bond acceptors (Lipinski definition) is 1. The zero-order valence-electron chi connectivity index (χ0n) is 8.99. The third-order valence-electron chi connectivity index (χ3n) is 2.21. The van der Waals surface area contributed by atoms with E-state index in [2.05, 4.69) is 19.2 Å². The average molecular weight is 183 g/mol. The number of nitrogens with one attached hydrogen (secondary N) is 1. The van der Waals surface area contributed by atoms with Crippen LogP contribution in [0.1, 0.15) is 51.4 Å². The van der Waals surface area contributed by atoms with Crippen molar-refractivity contribution in [2.24, 2.45) is 0 Å². The van der Waals surface area contributed by atoms with Crippen molar-refractivity contribution in [1.82, 2.24) is 5.32 Å². The maximum atomic E-state index is 3.83. The van der Waals surface area contributed by atoms with Crippen LogP contribution in [0.2, 0.25) is 0 Å². The molecular formula is C12H25N. The van der Waals surface area contributed by atoms with E-state index in [0.717, 1.165) is 12.8 Å². The van der Waals surface area contributed by atoms with Gasteiger partial charge >= 0.3 is 0 Å². The molecule has 0 rings (SSSR count). The maximum Gasteiger partial charge on any atom is -0.00489 e. The van der Waals surface area contributed by atoms with Crippen LogP contribution in [-0.2, 0) is 0 Å². The summed E-state index contributed by atoms with van der Waals surface area (Å²) in [6.45, 7) is 10.0. The molecule has 1 N–H and O–H groups in total. The van der Waals surface area contributed by atoms with Crippen molar-refractivity contribution in [3.05, 3.63) is 13.8 Å². The van der Waals surface area contributed by atoms with E-state index in [1.165, 1.54) is 51.6 Å². The highest BCUT2D eigenvalue weighted by atomic mass is 14.8. The van der Waals surface area contributed by atoms with Gasteiger partial charge in [0.15, 0.2) is 0 Å². The van der Waals surface area contributed by atoms with Crippen molar-refractivity contribution in [2.45, 2.75) is 51.4 Å². The molecule has 1 heteroatoms. The minimum atomic E-state index is 1.09. The molecule has 0 atom stereocenters. The molecule has 13 heavy (non-hydrogen) atoms. The number of hydrogen-bond donors (Lipinski definition) is 1. The van der Waals surface area contributed by atoms with Crippen LogP contribution in [0.5, 0.6) is 0 Å². The van der Waals surface area contributed by atoms with Crippen LogP contribution in [-0.4, -0.2) is 13.1 Å². The lowest BCUT2D eigenvalue weighted by Crippen LogP contribution is -2.16. The van der Waals surface area contributed by atoms with Crippen LogP contribution in [0, 0.1) is 13.8 Å². The molecule has 0 amide bonds. The van der Waals surface area contributed by atoms with Gasteiger partial charge in [-0.3, -0.25) is 0 Å². The van der Waals surface area contributed by atoms with Crippen LogP contribution >= 0.6 is 0 Å². The Morgan fingerprint density at radius 3 is 1.46 bits per heavy atom. The zero-order chi connectivity index (χ0) is 9.78. The quantitative estimate of drug-likeness (QED) is 0.512. The fourth-order valence-corrected chi connectivity index (χ4v) is 1.33. The molecule has 78 valence electrons. The lowest BCUT2D eigenvalue weighted by Gasteiger charge is -2.03. The molecule has 0 aliphatic rings. The van der Waals surface area contributed by atoms with Crippen LogP contribution in [0.15, 0.2) is 0 Å². The van der Waals surface area contributed by atoms with Gasteiger partial charge in [0.1, 0.15) is 0 Å². The first-order valence-electron chi connectivity index (χ1n) is 5.71. The molecule has 0 saturated carbocycles. The van der Waals surface area contributed by atoms with Crippen molar-refractivity contribution < 1.29 is 0 Å². The molecule has 1 nitrogen and oxygen atoms in total. The van der Waals surface area contributed by atoms with Crippen LogP contribution < -0.4 is 5.32 Å². The smallest absolute Gasteiger partial charge is 0.00489 e. The minimum Gasteiger partial charge on any atom is -0.317 e. The van der Waals surface area contributed by atoms with Crippen LogP contribution in [0.4, 0.5) is 0 Å². The summed E-state index contributed by atoms with van der Waals surface area (Å²) in [4.78, 5) is 0. The maximum absolute atomic E-state index is 3.83. The van der Waals surface area contributed by atoms with Crippen molar-refractivity contribution in [3.63, 3.8) is 0 Å². The highest BCUT2D eigenvalue weighted by Gasteiger charge is 1.89. The van der Waals surface area contributed by atoms with E-state index in [9.17, 15) is 0 Å². The third kappa shape index (κ3) is 12.0. The van der Waals surface area contributed by atoms with Gasteiger partial charge in [-0.15, -0.1) is 0 Å². The molecule has 0 bridgehead atoms. The van der Waals surface area contributed by atoms with Gasteiger partial charge in [0.25, 0.3) is 0 Å². The summed E-state index contributed by atoms with van der Waals surface area (Å²) < 4.78 is 0. The Balaban J connectivity index is 2.76. The first-order valence-corrected chi connectivity index (χ1v) is 5.71. The summed E-state index contributed by atoms with van der Waals surface area (Å²) >= 11 is 0. The van der Waals surface area contributed by atoms with Gasteiger partial charge in [0.05, 0.1) is 0 Å². The number of rotatable bonds is 10. The zero-order valence-corrected chi connectivity index (χ0v) is 8.99. The van der Waals surface area contributed by atoms with Crippen molar-refractivity contribution in [3.8, 4) is 0 Å². The molecule has 0 heterocycles. The third-order valence-corrected chi connectivity index (χ3v) is 2.21. The molecule has 0 unspecified atom stereocenters. The Bertz CT molecular complexity index is 71.2. The molecule has 0 aliphatic heterocycles. The van der Waals surface area contributed by atoms with Crippen molar-refractivity contribution >= 4 is 0 Å². The van der Waals surface area contributed by atoms with Gasteiger partial charge in [-0.2, -0.15) is 0 Å². The lowest BCUT2D eigenvalue weighted by molar-refractivity contribution is 0.571. The lowest BCUT2D eigenvalue weighted by atomic mass is 10.2. The molecule has 0 aliphatic carbocycles. The fourth-order valence-electron chi connectivity index (χ4n) is 1.33. The second-order valence-electron chi connectivity index (χ2n) is 3.58. The molecule has 0 aromatic heterocycles. The SMILES string of the molecule is [CH2]CCCCCNCCCCC[CH2]. The summed E-state index contributed by atoms with van der Waals surface area (Å²) in [6.07, 6.45) is 10.0. The Morgan fingerprint density at radius 1 is 0.615 bits per heavy atom. The van der Waals surface area contributed by atoms with Gasteiger partial charge in [-0.05, 0) is 25.9 Å². The van der Waals surface area contributed by atoms with E-state index in [-0.39, 0.29) is 0 Å². The van der Waals surface area contributed by atoms with Gasteiger partial charge in [0.2, 0.25) is 0 Å². The van der Waals surface area contributed by atoms with Gasteiger partial charge in [0, 0.05) is 0 Å². The Morgan fingerprint density at radius 2 is 1.08 bits per heavy atom. The minimum absolute atomic E-state index is 1.09. The van der Waals surface area contributed by atoms with E-state index in [1.807, 2.05) is 0 Å². The summed E-state index contributed by atoms with van der Waals surface area (Å²) in [5.74, 6) is 0. The van der Waals surface area contributed by atoms with E-state index in [1.54, 1.807) is 0 Å². The largest absolute Gasteiger partial charge is 0.317 e. The highest BCUT2D eigenvalue weighted by molar-refractivity contribution is 4.51. The molecule has 0 spiro atoms. The Kier molecular flexibility index (Phi) is 11.9. The second kappa shape index (κ2) is 12.0. The number of unbranched alkanes of at least 4 members (excludes halogenated alkanes) is 6. The van der Waals surface area contributed by atoms with Crippen molar-refractivity contribution in [2.75, 3.05) is 13.1 Å². The van der Waals surface area contributed by atoms with Gasteiger partial charge in [-0.1, -0.05) is 52.4 Å². The Hall–Kier alpha value is -0.0400. The van der Waals surface area contributed by atoms with Gasteiger partial charge < -0.3 is 5.32 Å². The summed E-state index contributed by atoms with van der Waals surface area (Å²) in [5.41, 5.74) is 0. The predicted octanol–water partition coefficient (Wildman–Crippen LogP) is 3.36. The molecule has 0 aromatic rings. The molecule has 0 fully saturated rings. The van der Waals surface area contributed by atoms with E-state index < -0.39 is 0 Å².